The van der Waals surface area contributed by atoms with Crippen molar-refractivity contribution in [3.05, 3.63) is 33.4 Å². The van der Waals surface area contributed by atoms with E-state index in [-0.39, 0.29) is 27.6 Å². The molecule has 0 aromatic heterocycles. The quantitative estimate of drug-likeness (QED) is 0.546. The van der Waals surface area contributed by atoms with Crippen LogP contribution in [0.1, 0.15) is 18.5 Å². The summed E-state index contributed by atoms with van der Waals surface area (Å²) in [5.41, 5.74) is 1.13. The first-order chi connectivity index (χ1) is 10.3. The van der Waals surface area contributed by atoms with Crippen LogP contribution in [0.15, 0.2) is 27.9 Å². The summed E-state index contributed by atoms with van der Waals surface area (Å²) in [6.07, 6.45) is 0. The number of esters is 1. The third kappa shape index (κ3) is 2.61. The van der Waals surface area contributed by atoms with Gasteiger partial charge in [-0.3, -0.25) is 0 Å². The number of carbonyl (C=O) groups is 2. The highest BCUT2D eigenvalue weighted by atomic mass is 79.9. The molecule has 22 heavy (non-hydrogen) atoms. The van der Waals surface area contributed by atoms with E-state index in [0.29, 0.717) is 11.3 Å². The lowest BCUT2D eigenvalue weighted by molar-refractivity contribution is -0.136. The Kier molecular flexibility index (Phi) is 4.32. The van der Waals surface area contributed by atoms with Crippen LogP contribution in [0.25, 0.3) is 0 Å². The van der Waals surface area contributed by atoms with E-state index < -0.39 is 12.0 Å². The average Bonchev–Trinajstić information content (AvgIpc) is 2.48. The van der Waals surface area contributed by atoms with Gasteiger partial charge in [0.15, 0.2) is 11.5 Å². The Morgan fingerprint density at radius 3 is 2.59 bits per heavy atom. The van der Waals surface area contributed by atoms with Crippen LogP contribution >= 0.6 is 15.9 Å². The molecule has 7 nitrogen and oxygen atoms in total. The minimum absolute atomic E-state index is 0.248. The molecule has 1 aromatic carbocycles. The highest BCUT2D eigenvalue weighted by Gasteiger charge is 2.35. The minimum Gasteiger partial charge on any atom is -0.504 e. The summed E-state index contributed by atoms with van der Waals surface area (Å²) >= 11 is 3.11. The van der Waals surface area contributed by atoms with Gasteiger partial charge in [-0.25, -0.2) is 9.59 Å². The van der Waals surface area contributed by atoms with E-state index in [9.17, 15) is 19.8 Å². The predicted octanol–water partition coefficient (Wildman–Crippen LogP) is 2.00. The normalized spacial score (nSPS) is 18.3. The monoisotopic (exact) mass is 370 g/mol. The zero-order chi connectivity index (χ0) is 16.6. The van der Waals surface area contributed by atoms with Gasteiger partial charge in [-0.15, -0.1) is 0 Å². The van der Waals surface area contributed by atoms with Gasteiger partial charge in [-0.1, -0.05) is 0 Å². The average molecular weight is 371 g/mol. The number of aromatic hydroxyl groups is 2. The van der Waals surface area contributed by atoms with E-state index in [4.69, 9.17) is 4.74 Å². The van der Waals surface area contributed by atoms with Crippen molar-refractivity contribution in [3.8, 4) is 11.5 Å². The number of urea groups is 1. The summed E-state index contributed by atoms with van der Waals surface area (Å²) in [4.78, 5) is 25.4. The molecule has 3 N–H and O–H groups in total. The molecule has 0 spiro atoms. The number of allylic oxidation sites excluding steroid dienone is 1. The molecule has 0 saturated carbocycles. The fourth-order valence-electron chi connectivity index (χ4n) is 2.23. The molecule has 1 aliphatic rings. The number of nitrogens with one attached hydrogen (secondary N) is 1. The molecule has 0 aliphatic carbocycles. The summed E-state index contributed by atoms with van der Waals surface area (Å²) in [6.45, 7) is 1.63. The van der Waals surface area contributed by atoms with Crippen molar-refractivity contribution in [3.63, 3.8) is 0 Å². The molecule has 0 radical (unpaired) electrons. The molecule has 1 aromatic rings. The Morgan fingerprint density at radius 2 is 2.05 bits per heavy atom. The molecular weight excluding hydrogens is 356 g/mol. The number of ether oxygens (including phenoxy) is 1. The zero-order valence-electron chi connectivity index (χ0n) is 12.2. The van der Waals surface area contributed by atoms with Gasteiger partial charge in [0, 0.05) is 12.7 Å². The molecule has 8 heteroatoms. The number of halogens is 1. The second-order valence-corrected chi connectivity index (χ2v) is 5.66. The van der Waals surface area contributed by atoms with Gasteiger partial charge in [0.2, 0.25) is 0 Å². The first-order valence-corrected chi connectivity index (χ1v) is 7.11. The Balaban J connectivity index is 2.61. The number of rotatable bonds is 2. The minimum atomic E-state index is -0.793. The standard InChI is InChI=1S/C14H15BrN2O5/c1-6-10(13(20)22-3)11(16-14(21)17(6)2)7-4-8(15)12(19)9(18)5-7/h4-5,11,18-19H,1-3H3,(H,16,21). The van der Waals surface area contributed by atoms with Crippen LogP contribution in [0, 0.1) is 0 Å². The summed E-state index contributed by atoms with van der Waals surface area (Å²) in [5.74, 6) is -1.26. The van der Waals surface area contributed by atoms with Crippen LogP contribution < -0.4 is 5.32 Å². The SMILES string of the molecule is COC(=O)C1=C(C)N(C)C(=O)NC1c1cc(O)c(O)c(Br)c1. The molecule has 118 valence electrons. The van der Waals surface area contributed by atoms with E-state index in [2.05, 4.69) is 21.2 Å². The Bertz CT molecular complexity index is 663. The summed E-state index contributed by atoms with van der Waals surface area (Å²) in [6, 6.07) is 1.62. The van der Waals surface area contributed by atoms with Crippen molar-refractivity contribution in [1.29, 1.82) is 0 Å². The second kappa shape index (κ2) is 5.88. The first kappa shape index (κ1) is 16.2. The Labute approximate surface area is 135 Å². The molecular formula is C14H15BrN2O5. The number of carbonyl (C=O) groups excluding carboxylic acids is 2. The van der Waals surface area contributed by atoms with Crippen LogP contribution in [0.4, 0.5) is 4.79 Å². The van der Waals surface area contributed by atoms with E-state index in [1.165, 1.54) is 31.2 Å². The number of nitrogens with zero attached hydrogens (tertiary/aromatic N) is 1. The van der Waals surface area contributed by atoms with Crippen molar-refractivity contribution in [2.75, 3.05) is 14.2 Å². The number of methoxy groups -OCH3 is 1. The van der Waals surface area contributed by atoms with Gasteiger partial charge in [0.25, 0.3) is 0 Å². The largest absolute Gasteiger partial charge is 0.504 e. The van der Waals surface area contributed by atoms with Gasteiger partial charge < -0.3 is 25.2 Å². The molecule has 2 rings (SSSR count). The topological polar surface area (TPSA) is 99.1 Å². The van der Waals surface area contributed by atoms with Crippen molar-refractivity contribution in [1.82, 2.24) is 10.2 Å². The second-order valence-electron chi connectivity index (χ2n) is 4.80. The maximum atomic E-state index is 12.1. The van der Waals surface area contributed by atoms with Crippen LogP contribution in [-0.4, -0.2) is 41.3 Å². The Morgan fingerprint density at radius 1 is 1.41 bits per heavy atom. The zero-order valence-corrected chi connectivity index (χ0v) is 13.8. The fourth-order valence-corrected chi connectivity index (χ4v) is 2.70. The lowest BCUT2D eigenvalue weighted by atomic mass is 9.95. The Hall–Kier alpha value is -2.22. The van der Waals surface area contributed by atoms with Crippen molar-refractivity contribution in [2.45, 2.75) is 13.0 Å². The van der Waals surface area contributed by atoms with E-state index in [0.717, 1.165) is 0 Å². The summed E-state index contributed by atoms with van der Waals surface area (Å²) < 4.78 is 5.03. The van der Waals surface area contributed by atoms with Gasteiger partial charge in [0.05, 0.1) is 23.2 Å². The molecule has 0 bridgehead atoms. The maximum absolute atomic E-state index is 12.1. The maximum Gasteiger partial charge on any atom is 0.337 e. The predicted molar refractivity (Wildman–Crippen MR) is 81.2 cm³/mol. The molecule has 1 heterocycles. The van der Waals surface area contributed by atoms with Crippen LogP contribution in [0.5, 0.6) is 11.5 Å². The van der Waals surface area contributed by atoms with Crippen LogP contribution in [0.3, 0.4) is 0 Å². The van der Waals surface area contributed by atoms with Crippen LogP contribution in [-0.2, 0) is 9.53 Å². The van der Waals surface area contributed by atoms with Gasteiger partial charge in [-0.05, 0) is 40.5 Å². The highest BCUT2D eigenvalue weighted by molar-refractivity contribution is 9.10. The first-order valence-electron chi connectivity index (χ1n) is 6.32. The lowest BCUT2D eigenvalue weighted by Crippen LogP contribution is -2.46. The van der Waals surface area contributed by atoms with Crippen molar-refractivity contribution >= 4 is 27.9 Å². The number of phenols is 2. The molecule has 0 saturated heterocycles. The van der Waals surface area contributed by atoms with Crippen LogP contribution in [0.2, 0.25) is 0 Å². The van der Waals surface area contributed by atoms with Gasteiger partial charge in [0.1, 0.15) is 0 Å². The van der Waals surface area contributed by atoms with E-state index >= 15 is 0 Å². The molecule has 1 unspecified atom stereocenters. The smallest absolute Gasteiger partial charge is 0.337 e. The number of hydrogen-bond donors (Lipinski definition) is 3. The number of benzene rings is 1. The van der Waals surface area contributed by atoms with E-state index in [1.807, 2.05) is 0 Å². The number of amides is 2. The third-order valence-electron chi connectivity index (χ3n) is 3.56. The van der Waals surface area contributed by atoms with Gasteiger partial charge >= 0.3 is 12.0 Å². The summed E-state index contributed by atoms with van der Waals surface area (Å²) in [5, 5.41) is 22.0. The van der Waals surface area contributed by atoms with Crippen molar-refractivity contribution in [2.24, 2.45) is 0 Å². The molecule has 1 atom stereocenters. The highest BCUT2D eigenvalue weighted by Crippen LogP contribution is 2.39. The summed E-state index contributed by atoms with van der Waals surface area (Å²) in [7, 11) is 2.79. The lowest BCUT2D eigenvalue weighted by Gasteiger charge is -2.33. The molecule has 2 amide bonds. The fraction of sp³-hybridized carbons (Fsp3) is 0.286. The molecule has 0 fully saturated rings. The van der Waals surface area contributed by atoms with Crippen molar-refractivity contribution < 1.29 is 24.5 Å². The molecule has 1 aliphatic heterocycles. The number of phenolic OH excluding ortho intramolecular Hbond substituents is 2. The number of hydrogen-bond acceptors (Lipinski definition) is 5. The van der Waals surface area contributed by atoms with Gasteiger partial charge in [-0.2, -0.15) is 0 Å². The van der Waals surface area contributed by atoms with E-state index in [1.54, 1.807) is 6.92 Å². The third-order valence-corrected chi connectivity index (χ3v) is 4.16.